The van der Waals surface area contributed by atoms with Crippen molar-refractivity contribution in [2.45, 2.75) is 26.7 Å². The smallest absolute Gasteiger partial charge is 0.0541 e. The molecule has 2 aromatic heterocycles. The second-order valence-electron chi connectivity index (χ2n) is 15.9. The number of para-hydroxylation sites is 3. The number of hydrogen-bond donors (Lipinski definition) is 0. The Morgan fingerprint density at radius 1 is 0.441 bits per heavy atom. The number of hydrogen-bond acceptors (Lipinski definition) is 1. The highest BCUT2D eigenvalue weighted by Gasteiger charge is 2.27. The van der Waals surface area contributed by atoms with Gasteiger partial charge in [-0.15, -0.1) is 0 Å². The lowest BCUT2D eigenvalue weighted by Gasteiger charge is -2.35. The first-order valence-electron chi connectivity index (χ1n) is 20.6. The quantitative estimate of drug-likeness (QED) is 0.165. The molecule has 0 saturated carbocycles. The Hall–Kier alpha value is -7.36. The monoisotopic (exact) mass is 757 g/mol. The molecule has 0 atom stereocenters. The molecule has 0 fully saturated rings. The van der Waals surface area contributed by atoms with E-state index in [0.29, 0.717) is 0 Å². The third kappa shape index (κ3) is 6.06. The largest absolute Gasteiger partial charge is 0.313 e. The molecular weight excluding hydrogens is 715 g/mol. The molecule has 0 bridgehead atoms. The van der Waals surface area contributed by atoms with Crippen LogP contribution < -0.4 is 4.90 Å². The average Bonchev–Trinajstić information content (AvgIpc) is 3.78. The molecule has 0 N–H and O–H groups in total. The van der Waals surface area contributed by atoms with Crippen LogP contribution in [0.15, 0.2) is 211 Å². The topological polar surface area (TPSA) is 13.1 Å². The van der Waals surface area contributed by atoms with Crippen LogP contribution in [0.2, 0.25) is 0 Å². The molecule has 282 valence electrons. The average molecular weight is 758 g/mol. The molecule has 0 radical (unpaired) electrons. The van der Waals surface area contributed by atoms with Gasteiger partial charge >= 0.3 is 0 Å². The molecule has 3 heterocycles. The molecule has 3 nitrogen and oxygen atoms in total. The van der Waals surface area contributed by atoms with Gasteiger partial charge in [-0.1, -0.05) is 151 Å². The maximum absolute atomic E-state index is 2.52. The van der Waals surface area contributed by atoms with Crippen LogP contribution in [0.1, 0.15) is 23.1 Å². The van der Waals surface area contributed by atoms with E-state index in [1.807, 2.05) is 0 Å². The number of aryl methyl sites for hydroxylation is 2. The Kier molecular flexibility index (Phi) is 8.41. The van der Waals surface area contributed by atoms with Crippen molar-refractivity contribution < 1.29 is 0 Å². The first-order valence-corrected chi connectivity index (χ1v) is 20.6. The summed E-state index contributed by atoms with van der Waals surface area (Å²) in [6.45, 7) is 4.29. The predicted octanol–water partition coefficient (Wildman–Crippen LogP) is 14.7. The van der Waals surface area contributed by atoms with Crippen molar-refractivity contribution in [2.24, 2.45) is 0 Å². The summed E-state index contributed by atoms with van der Waals surface area (Å²) in [6.07, 6.45) is 10.7. The molecule has 0 saturated heterocycles. The number of fused-ring (bicyclic) bond motifs is 4. The van der Waals surface area contributed by atoms with Crippen molar-refractivity contribution >= 4 is 33.2 Å². The summed E-state index contributed by atoms with van der Waals surface area (Å²) < 4.78 is 4.86. The van der Waals surface area contributed by atoms with Gasteiger partial charge in [0.15, 0.2) is 0 Å². The first-order chi connectivity index (χ1) is 29.1. The molecule has 0 spiro atoms. The number of allylic oxidation sites excluding steroid dienone is 5. The molecule has 7 aromatic carbocycles. The zero-order valence-electron chi connectivity index (χ0n) is 33.3. The summed E-state index contributed by atoms with van der Waals surface area (Å²) in [4.78, 5) is 2.52. The summed E-state index contributed by atoms with van der Waals surface area (Å²) in [5, 5.41) is 2.51. The highest BCUT2D eigenvalue weighted by atomic mass is 15.2. The molecular formula is C56H43N3. The van der Waals surface area contributed by atoms with Crippen molar-refractivity contribution in [1.82, 2.24) is 9.13 Å². The van der Waals surface area contributed by atoms with Crippen molar-refractivity contribution in [2.75, 3.05) is 4.90 Å². The lowest BCUT2D eigenvalue weighted by molar-refractivity contribution is 0.969. The molecule has 59 heavy (non-hydrogen) atoms. The van der Waals surface area contributed by atoms with Crippen molar-refractivity contribution in [3.8, 4) is 45.0 Å². The molecule has 0 unspecified atom stereocenters. The van der Waals surface area contributed by atoms with Crippen LogP contribution in [0.5, 0.6) is 0 Å². The third-order valence-corrected chi connectivity index (χ3v) is 12.1. The fourth-order valence-electron chi connectivity index (χ4n) is 9.21. The van der Waals surface area contributed by atoms with Crippen LogP contribution >= 0.6 is 0 Å². The van der Waals surface area contributed by atoms with Crippen LogP contribution in [0.3, 0.4) is 0 Å². The van der Waals surface area contributed by atoms with E-state index in [2.05, 4.69) is 228 Å². The Morgan fingerprint density at radius 3 is 1.68 bits per heavy atom. The summed E-state index contributed by atoms with van der Waals surface area (Å²) in [5.41, 5.74) is 20.7. The van der Waals surface area contributed by atoms with Crippen LogP contribution in [0, 0.1) is 13.8 Å². The van der Waals surface area contributed by atoms with E-state index in [1.165, 1.54) is 89.1 Å². The maximum Gasteiger partial charge on any atom is 0.0541 e. The molecule has 2 aliphatic rings. The molecule has 3 heteroatoms. The van der Waals surface area contributed by atoms with E-state index in [0.717, 1.165) is 29.9 Å². The van der Waals surface area contributed by atoms with Gasteiger partial charge in [-0.2, -0.15) is 0 Å². The summed E-state index contributed by atoms with van der Waals surface area (Å²) in [5.74, 6) is 0. The van der Waals surface area contributed by atoms with Gasteiger partial charge in [-0.25, -0.2) is 0 Å². The number of anilines is 2. The zero-order chi connectivity index (χ0) is 39.5. The van der Waals surface area contributed by atoms with Gasteiger partial charge in [-0.3, -0.25) is 0 Å². The van der Waals surface area contributed by atoms with Gasteiger partial charge in [0.05, 0.1) is 22.4 Å². The van der Waals surface area contributed by atoms with Crippen LogP contribution in [-0.2, 0) is 6.42 Å². The Balaban J connectivity index is 1.11. The lowest BCUT2D eigenvalue weighted by Crippen LogP contribution is -2.23. The third-order valence-electron chi connectivity index (χ3n) is 12.1. The molecule has 9 aromatic rings. The molecule has 0 amide bonds. The molecule has 1 aliphatic heterocycles. The number of rotatable bonds is 6. The highest BCUT2D eigenvalue weighted by Crippen LogP contribution is 2.44. The van der Waals surface area contributed by atoms with E-state index < -0.39 is 0 Å². The summed E-state index contributed by atoms with van der Waals surface area (Å²) in [7, 11) is 0. The SMILES string of the molecule is Cc1ccc(-c2ccc(-c3ccc(C)cc3)n2-c2ccc(-c3cc(N4C5=C(C=CC=CC5)Cc5ccccc54)cc(-n4c5ccccc5c5ccccc54)c3)cc2)cc1. The Labute approximate surface area is 345 Å². The number of aromatic nitrogens is 2. The fraction of sp³-hybridized carbons (Fsp3) is 0.0714. The van der Waals surface area contributed by atoms with Crippen molar-refractivity contribution in [1.29, 1.82) is 0 Å². The second kappa shape index (κ2) is 14.2. The van der Waals surface area contributed by atoms with E-state index in [-0.39, 0.29) is 0 Å². The van der Waals surface area contributed by atoms with Crippen LogP contribution in [0.4, 0.5) is 11.4 Å². The van der Waals surface area contributed by atoms with Gasteiger partial charge in [0.1, 0.15) is 0 Å². The van der Waals surface area contributed by atoms with Gasteiger partial charge in [0.25, 0.3) is 0 Å². The normalized spacial score (nSPS) is 13.6. The minimum absolute atomic E-state index is 0.865. The van der Waals surface area contributed by atoms with Gasteiger partial charge in [-0.05, 0) is 108 Å². The van der Waals surface area contributed by atoms with E-state index >= 15 is 0 Å². The fourth-order valence-corrected chi connectivity index (χ4v) is 9.21. The van der Waals surface area contributed by atoms with Gasteiger partial charge in [0, 0.05) is 52.1 Å². The number of nitrogens with zero attached hydrogens (tertiary/aromatic N) is 3. The van der Waals surface area contributed by atoms with E-state index in [1.54, 1.807) is 0 Å². The first kappa shape index (κ1) is 34.9. The van der Waals surface area contributed by atoms with Crippen molar-refractivity contribution in [3.63, 3.8) is 0 Å². The second-order valence-corrected chi connectivity index (χ2v) is 15.9. The Morgan fingerprint density at radius 2 is 1.02 bits per heavy atom. The molecule has 1 aliphatic carbocycles. The minimum atomic E-state index is 0.865. The van der Waals surface area contributed by atoms with E-state index in [9.17, 15) is 0 Å². The van der Waals surface area contributed by atoms with Gasteiger partial charge in [0.2, 0.25) is 0 Å². The number of benzene rings is 7. The highest BCUT2D eigenvalue weighted by molar-refractivity contribution is 6.09. The molecule has 11 rings (SSSR count). The zero-order valence-corrected chi connectivity index (χ0v) is 33.3. The Bertz CT molecular complexity index is 3030. The predicted molar refractivity (Wildman–Crippen MR) is 248 cm³/mol. The van der Waals surface area contributed by atoms with Crippen LogP contribution in [0.25, 0.3) is 66.8 Å². The standard InChI is InChI=1S/C56H43N3/c1-38-20-24-41(25-21-38)53-32-33-54(42-26-22-39(2)23-27-42)57(53)46-30-28-40(29-31-46)45-35-47(58-51-16-5-3-4-12-43(51)34-44-13-6-9-17-52(44)58)37-48(36-45)59-55-18-10-7-14-49(55)50-15-8-11-19-56(50)59/h3-15,17-33,35-37H,16,34H2,1-2H3. The summed E-state index contributed by atoms with van der Waals surface area (Å²) >= 11 is 0. The van der Waals surface area contributed by atoms with Crippen LogP contribution in [-0.4, -0.2) is 9.13 Å². The summed E-state index contributed by atoms with van der Waals surface area (Å²) in [6, 6.07) is 65.1. The minimum Gasteiger partial charge on any atom is -0.313 e. The van der Waals surface area contributed by atoms with E-state index in [4.69, 9.17) is 0 Å². The van der Waals surface area contributed by atoms with Crippen molar-refractivity contribution in [3.05, 3.63) is 228 Å². The lowest BCUT2D eigenvalue weighted by atomic mass is 9.93. The van der Waals surface area contributed by atoms with Gasteiger partial charge < -0.3 is 14.0 Å². The maximum atomic E-state index is 2.52.